The Bertz CT molecular complexity index is 1140. The summed E-state index contributed by atoms with van der Waals surface area (Å²) in [6, 6.07) is 9.04. The highest BCUT2D eigenvalue weighted by molar-refractivity contribution is 5.40. The van der Waals surface area contributed by atoms with E-state index in [0.29, 0.717) is 23.1 Å². The topological polar surface area (TPSA) is 149 Å². The summed E-state index contributed by atoms with van der Waals surface area (Å²) in [6.07, 6.45) is -4.41. The summed E-state index contributed by atoms with van der Waals surface area (Å²) in [7, 11) is 0. The van der Waals surface area contributed by atoms with Gasteiger partial charge in [-0.3, -0.25) is 0 Å². The SMILES string of the molecule is C=C(C)[C@]12C[C@@H](C)[C@@]34OC(c5ccccc5)(O[C@@H]1C3[C@H](O)[C@@](O)(CO)[C@@H](O)[C@@]1(O)C4C=C(C)[C@@H]1O)O2. The van der Waals surface area contributed by atoms with Crippen LogP contribution < -0.4 is 0 Å². The van der Waals surface area contributed by atoms with Gasteiger partial charge in [-0.25, -0.2) is 0 Å². The highest BCUT2D eigenvalue weighted by Gasteiger charge is 2.84. The van der Waals surface area contributed by atoms with Crippen LogP contribution in [0.3, 0.4) is 0 Å². The minimum Gasteiger partial charge on any atom is -0.393 e. The van der Waals surface area contributed by atoms with Gasteiger partial charge in [0, 0.05) is 17.4 Å². The predicted octanol–water partition coefficient (Wildman–Crippen LogP) is 0.0791. The fraction of sp³-hybridized carbons (Fsp3) is 0.630. The summed E-state index contributed by atoms with van der Waals surface area (Å²) in [4.78, 5) is 0. The lowest BCUT2D eigenvalue weighted by molar-refractivity contribution is -0.443. The predicted molar refractivity (Wildman–Crippen MR) is 125 cm³/mol. The van der Waals surface area contributed by atoms with Crippen molar-refractivity contribution in [2.45, 2.75) is 80.0 Å². The average Bonchev–Trinajstić information content (AvgIpc) is 3.22. The Hall–Kier alpha value is -1.66. The van der Waals surface area contributed by atoms with E-state index in [9.17, 15) is 30.6 Å². The molecule has 2 heterocycles. The largest absolute Gasteiger partial charge is 0.393 e. The molecular formula is C27H34O9. The number of hydrogen-bond acceptors (Lipinski definition) is 9. The first-order valence-electron chi connectivity index (χ1n) is 12.4. The molecule has 9 heteroatoms. The maximum Gasteiger partial charge on any atom is 0.313 e. The molecule has 0 amide bonds. The maximum atomic E-state index is 12.1. The number of fused-ring (bicyclic) bond motifs is 2. The molecule has 1 aromatic rings. The Morgan fingerprint density at radius 1 is 1.11 bits per heavy atom. The number of ether oxygens (including phenoxy) is 3. The van der Waals surface area contributed by atoms with E-state index in [1.165, 1.54) is 0 Å². The van der Waals surface area contributed by atoms with E-state index >= 15 is 0 Å². The van der Waals surface area contributed by atoms with E-state index < -0.39 is 77.2 Å². The molecule has 1 aromatic carbocycles. The highest BCUT2D eigenvalue weighted by atomic mass is 16.9. The second-order valence-corrected chi connectivity index (χ2v) is 11.5. The Balaban J connectivity index is 1.68. The number of rotatable bonds is 3. The van der Waals surface area contributed by atoms with Crippen LogP contribution in [0.25, 0.3) is 0 Å². The minimum atomic E-state index is -2.60. The Morgan fingerprint density at radius 3 is 2.39 bits per heavy atom. The molecule has 0 spiro atoms. The van der Waals surface area contributed by atoms with E-state index in [-0.39, 0.29) is 0 Å². The van der Waals surface area contributed by atoms with Crippen LogP contribution in [0.1, 0.15) is 32.8 Å². The number of benzene rings is 1. The summed E-state index contributed by atoms with van der Waals surface area (Å²) in [5.41, 5.74) is -5.99. The minimum absolute atomic E-state index is 0.355. The molecule has 0 radical (unpaired) electrons. The first kappa shape index (κ1) is 24.7. The molecule has 36 heavy (non-hydrogen) atoms. The third kappa shape index (κ3) is 2.47. The van der Waals surface area contributed by atoms with Crippen molar-refractivity contribution < 1.29 is 44.8 Å². The van der Waals surface area contributed by atoms with Crippen molar-refractivity contribution in [3.05, 3.63) is 59.7 Å². The van der Waals surface area contributed by atoms with Crippen LogP contribution in [0.15, 0.2) is 54.1 Å². The Labute approximate surface area is 209 Å². The quantitative estimate of drug-likeness (QED) is 0.316. The van der Waals surface area contributed by atoms with Crippen LogP contribution in [-0.4, -0.2) is 84.1 Å². The molecule has 196 valence electrons. The smallest absolute Gasteiger partial charge is 0.313 e. The summed E-state index contributed by atoms with van der Waals surface area (Å²) in [6.45, 7) is 8.42. The summed E-state index contributed by atoms with van der Waals surface area (Å²) in [5.74, 6) is -4.31. The van der Waals surface area contributed by atoms with Gasteiger partial charge in [0.25, 0.3) is 0 Å². The van der Waals surface area contributed by atoms with Crippen molar-refractivity contribution in [2.75, 3.05) is 6.61 Å². The number of hydrogen-bond donors (Lipinski definition) is 6. The van der Waals surface area contributed by atoms with Crippen LogP contribution in [-0.2, 0) is 20.2 Å². The number of aliphatic hydroxyl groups excluding tert-OH is 4. The van der Waals surface area contributed by atoms with Gasteiger partial charge in [-0.2, -0.15) is 0 Å². The third-order valence-electron chi connectivity index (χ3n) is 9.75. The molecule has 6 N–H and O–H groups in total. The van der Waals surface area contributed by atoms with Gasteiger partial charge < -0.3 is 44.8 Å². The molecule has 5 aliphatic rings. The monoisotopic (exact) mass is 502 g/mol. The zero-order valence-electron chi connectivity index (χ0n) is 20.5. The first-order valence-corrected chi connectivity index (χ1v) is 12.4. The van der Waals surface area contributed by atoms with Gasteiger partial charge >= 0.3 is 5.97 Å². The second-order valence-electron chi connectivity index (χ2n) is 11.5. The van der Waals surface area contributed by atoms with Gasteiger partial charge in [0.15, 0.2) is 0 Å². The molecule has 9 nitrogen and oxygen atoms in total. The average molecular weight is 503 g/mol. The lowest BCUT2D eigenvalue weighted by Crippen LogP contribution is -2.73. The standard InChI is InChI=1S/C27H34O9/c1-13(2)24-11-15(4)26-17-10-14(3)19(29)25(17,33)22(31)23(32,12-28)20(30)18(26)21(24)34-27(35-24,36-26)16-8-6-5-7-9-16/h5-10,15,17-22,28-33H,1,11-12H2,2-4H3/t15-,17?,18?,19+,20+,21-,22-,23+,24-,25-,26+,27?/m1/s1. The van der Waals surface area contributed by atoms with Gasteiger partial charge in [-0.15, -0.1) is 0 Å². The lowest BCUT2D eigenvalue weighted by atomic mass is 9.53. The van der Waals surface area contributed by atoms with Crippen LogP contribution in [0, 0.1) is 17.8 Å². The molecule has 3 unspecified atom stereocenters. The van der Waals surface area contributed by atoms with Crippen molar-refractivity contribution in [3.8, 4) is 0 Å². The van der Waals surface area contributed by atoms with Crippen molar-refractivity contribution >= 4 is 0 Å². The van der Waals surface area contributed by atoms with Gasteiger partial charge in [0.2, 0.25) is 0 Å². The van der Waals surface area contributed by atoms with Crippen molar-refractivity contribution in [2.24, 2.45) is 17.8 Å². The molecule has 6 rings (SSSR count). The third-order valence-corrected chi connectivity index (χ3v) is 9.75. The van der Waals surface area contributed by atoms with Crippen molar-refractivity contribution in [1.29, 1.82) is 0 Å². The normalized spacial score (nSPS) is 55.0. The van der Waals surface area contributed by atoms with E-state index in [4.69, 9.17) is 14.2 Å². The van der Waals surface area contributed by atoms with Gasteiger partial charge in [0.05, 0.1) is 18.3 Å². The molecular weight excluding hydrogens is 468 g/mol. The number of aliphatic hydroxyl groups is 6. The second kappa shape index (κ2) is 7.25. The van der Waals surface area contributed by atoms with Crippen molar-refractivity contribution in [1.82, 2.24) is 0 Å². The van der Waals surface area contributed by atoms with E-state index in [1.807, 2.05) is 25.1 Å². The summed E-state index contributed by atoms with van der Waals surface area (Å²) in [5, 5.41) is 68.3. The molecule has 2 saturated heterocycles. The van der Waals surface area contributed by atoms with Gasteiger partial charge in [-0.1, -0.05) is 49.9 Å². The van der Waals surface area contributed by atoms with Crippen LogP contribution >= 0.6 is 0 Å². The molecule has 3 aliphatic carbocycles. The van der Waals surface area contributed by atoms with Crippen LogP contribution in [0.2, 0.25) is 0 Å². The molecule has 12 atom stereocenters. The summed E-state index contributed by atoms with van der Waals surface area (Å²) < 4.78 is 20.1. The fourth-order valence-corrected chi connectivity index (χ4v) is 7.94. The molecule has 3 bridgehead atoms. The molecule has 2 aliphatic heterocycles. The fourth-order valence-electron chi connectivity index (χ4n) is 7.94. The van der Waals surface area contributed by atoms with E-state index in [2.05, 4.69) is 6.58 Å². The zero-order valence-corrected chi connectivity index (χ0v) is 20.5. The van der Waals surface area contributed by atoms with E-state index in [1.54, 1.807) is 32.1 Å². The molecule has 4 fully saturated rings. The van der Waals surface area contributed by atoms with Crippen LogP contribution in [0.4, 0.5) is 0 Å². The first-order chi connectivity index (χ1) is 16.8. The summed E-state index contributed by atoms with van der Waals surface area (Å²) >= 11 is 0. The molecule has 2 saturated carbocycles. The Kier molecular flexibility index (Phi) is 4.97. The maximum absolute atomic E-state index is 12.1. The lowest BCUT2D eigenvalue weighted by Gasteiger charge is -2.60. The molecule has 0 aromatic heterocycles. The van der Waals surface area contributed by atoms with Crippen molar-refractivity contribution in [3.63, 3.8) is 0 Å². The van der Waals surface area contributed by atoms with Crippen LogP contribution in [0.5, 0.6) is 0 Å². The van der Waals surface area contributed by atoms with Gasteiger partial charge in [-0.05, 0) is 37.3 Å². The van der Waals surface area contributed by atoms with Gasteiger partial charge in [0.1, 0.15) is 35.1 Å². The highest BCUT2D eigenvalue weighted by Crippen LogP contribution is 2.71. The Morgan fingerprint density at radius 2 is 1.78 bits per heavy atom. The zero-order chi connectivity index (χ0) is 26.1. The van der Waals surface area contributed by atoms with E-state index in [0.717, 1.165) is 0 Å².